The van der Waals surface area contributed by atoms with E-state index in [0.29, 0.717) is 12.3 Å². The molecule has 1 saturated heterocycles. The highest BCUT2D eigenvalue weighted by Gasteiger charge is 2.32. The normalized spacial score (nSPS) is 19.2. The van der Waals surface area contributed by atoms with Crippen molar-refractivity contribution in [1.29, 1.82) is 0 Å². The van der Waals surface area contributed by atoms with Crippen LogP contribution in [0.25, 0.3) is 0 Å². The molecule has 3 heterocycles. The molecule has 1 aromatic carbocycles. The maximum absolute atomic E-state index is 12.5. The van der Waals surface area contributed by atoms with Gasteiger partial charge >= 0.3 is 0 Å². The molecule has 1 aromatic heterocycles. The summed E-state index contributed by atoms with van der Waals surface area (Å²) in [7, 11) is 0. The van der Waals surface area contributed by atoms with Crippen molar-refractivity contribution in [2.24, 2.45) is 0 Å². The summed E-state index contributed by atoms with van der Waals surface area (Å²) in [5.74, 6) is 4.31. The molecule has 4 rings (SSSR count). The maximum Gasteiger partial charge on any atom is 0.258 e. The van der Waals surface area contributed by atoms with Gasteiger partial charge in [0, 0.05) is 43.1 Å². The van der Waals surface area contributed by atoms with Crippen LogP contribution in [0.2, 0.25) is 0 Å². The van der Waals surface area contributed by atoms with Gasteiger partial charge in [-0.05, 0) is 32.0 Å². The second-order valence-electron chi connectivity index (χ2n) is 8.06. The predicted octanol–water partition coefficient (Wildman–Crippen LogP) is 3.28. The monoisotopic (exact) mass is 416 g/mol. The molecular formula is C22H28N2O4S. The number of ether oxygens (including phenoxy) is 2. The van der Waals surface area contributed by atoms with E-state index in [0.717, 1.165) is 48.1 Å². The van der Waals surface area contributed by atoms with Crippen LogP contribution in [0.5, 0.6) is 11.5 Å². The summed E-state index contributed by atoms with van der Waals surface area (Å²) in [4.78, 5) is 14.8. The van der Waals surface area contributed by atoms with Gasteiger partial charge in [-0.1, -0.05) is 12.1 Å². The summed E-state index contributed by atoms with van der Waals surface area (Å²) in [5.41, 5.74) is 0.876. The second kappa shape index (κ2) is 8.71. The van der Waals surface area contributed by atoms with E-state index in [1.807, 2.05) is 42.1 Å². The second-order valence-corrected chi connectivity index (χ2v) is 9.28. The summed E-state index contributed by atoms with van der Waals surface area (Å²) >= 11 is 1.96. The lowest BCUT2D eigenvalue weighted by Gasteiger charge is -2.33. The first-order valence-corrected chi connectivity index (χ1v) is 11.2. The van der Waals surface area contributed by atoms with Crippen molar-refractivity contribution < 1.29 is 18.7 Å². The molecule has 1 atom stereocenters. The zero-order valence-electron chi connectivity index (χ0n) is 17.0. The van der Waals surface area contributed by atoms with Gasteiger partial charge in [0.05, 0.1) is 12.3 Å². The van der Waals surface area contributed by atoms with Crippen LogP contribution >= 0.6 is 11.8 Å². The van der Waals surface area contributed by atoms with Gasteiger partial charge in [0.15, 0.2) is 18.1 Å². The first kappa shape index (κ1) is 20.2. The Bertz CT molecular complexity index is 831. The Balaban J connectivity index is 1.33. The molecule has 0 spiro atoms. The van der Waals surface area contributed by atoms with E-state index in [1.54, 1.807) is 6.26 Å². The summed E-state index contributed by atoms with van der Waals surface area (Å²) in [5, 5.41) is 3.01. The number of carbonyl (C=O) groups is 1. The molecule has 1 amide bonds. The van der Waals surface area contributed by atoms with Gasteiger partial charge in [-0.25, -0.2) is 0 Å². The number of thioether (sulfide) groups is 1. The highest BCUT2D eigenvalue weighted by Crippen LogP contribution is 2.41. The van der Waals surface area contributed by atoms with Crippen molar-refractivity contribution in [2.45, 2.75) is 31.9 Å². The highest BCUT2D eigenvalue weighted by atomic mass is 32.2. The molecule has 2 aliphatic rings. The Hall–Kier alpha value is -2.12. The van der Waals surface area contributed by atoms with Crippen LogP contribution in [0.4, 0.5) is 0 Å². The van der Waals surface area contributed by atoms with E-state index in [1.165, 1.54) is 0 Å². The van der Waals surface area contributed by atoms with Gasteiger partial charge in [0.2, 0.25) is 0 Å². The van der Waals surface area contributed by atoms with Gasteiger partial charge in [0.1, 0.15) is 11.4 Å². The van der Waals surface area contributed by atoms with Crippen molar-refractivity contribution in [2.75, 3.05) is 37.7 Å². The summed E-state index contributed by atoms with van der Waals surface area (Å²) in [6.45, 7) is 6.55. The minimum atomic E-state index is -0.243. The number of nitrogens with zero attached hydrogens (tertiary/aromatic N) is 1. The quantitative estimate of drug-likeness (QED) is 0.747. The number of nitrogens with one attached hydrogen (secondary N) is 1. The molecule has 0 aliphatic carbocycles. The number of para-hydroxylation sites is 1. The zero-order chi connectivity index (χ0) is 20.3. The van der Waals surface area contributed by atoms with Crippen LogP contribution in [0, 0.1) is 0 Å². The fraction of sp³-hybridized carbons (Fsp3) is 0.500. The molecule has 2 aromatic rings. The third-order valence-electron chi connectivity index (χ3n) is 5.26. The number of hydrogen-bond acceptors (Lipinski definition) is 6. The van der Waals surface area contributed by atoms with E-state index in [2.05, 4.69) is 24.1 Å². The molecule has 156 valence electrons. The Kier molecular flexibility index (Phi) is 6.06. The fourth-order valence-electron chi connectivity index (χ4n) is 3.89. The SMILES string of the molecule is CC1(C)Cc2cccc(OCC(=O)NC[C@@H](c3ccco3)N3CCSCC3)c2O1. The number of fused-ring (bicyclic) bond motifs is 1. The van der Waals surface area contributed by atoms with Crippen LogP contribution in [0.1, 0.15) is 31.2 Å². The number of benzene rings is 1. The lowest BCUT2D eigenvalue weighted by Crippen LogP contribution is -2.42. The molecule has 1 N–H and O–H groups in total. The molecule has 6 nitrogen and oxygen atoms in total. The summed E-state index contributed by atoms with van der Waals surface area (Å²) in [6.07, 6.45) is 2.52. The number of rotatable bonds is 7. The van der Waals surface area contributed by atoms with E-state index >= 15 is 0 Å². The van der Waals surface area contributed by atoms with E-state index in [9.17, 15) is 4.79 Å². The van der Waals surface area contributed by atoms with Crippen molar-refractivity contribution in [1.82, 2.24) is 10.2 Å². The summed E-state index contributed by atoms with van der Waals surface area (Å²) < 4.78 is 17.4. The predicted molar refractivity (Wildman–Crippen MR) is 114 cm³/mol. The van der Waals surface area contributed by atoms with E-state index < -0.39 is 0 Å². The largest absolute Gasteiger partial charge is 0.483 e. The lowest BCUT2D eigenvalue weighted by atomic mass is 10.0. The molecule has 2 aliphatic heterocycles. The van der Waals surface area contributed by atoms with Crippen LogP contribution in [0.3, 0.4) is 0 Å². The maximum atomic E-state index is 12.5. The third-order valence-corrected chi connectivity index (χ3v) is 6.21. The molecule has 7 heteroatoms. The third kappa shape index (κ3) is 4.90. The van der Waals surface area contributed by atoms with Gasteiger partial charge in [-0.3, -0.25) is 9.69 Å². The first-order valence-electron chi connectivity index (χ1n) is 10.1. The Morgan fingerprint density at radius 1 is 1.28 bits per heavy atom. The Morgan fingerprint density at radius 2 is 2.10 bits per heavy atom. The van der Waals surface area contributed by atoms with E-state index in [-0.39, 0.29) is 24.2 Å². The minimum Gasteiger partial charge on any atom is -0.483 e. The average Bonchev–Trinajstić information content (AvgIpc) is 3.34. The number of amides is 1. The molecule has 0 radical (unpaired) electrons. The minimum absolute atomic E-state index is 0.0407. The smallest absolute Gasteiger partial charge is 0.258 e. The van der Waals surface area contributed by atoms with Crippen molar-refractivity contribution >= 4 is 17.7 Å². The Labute approximate surface area is 175 Å². The van der Waals surface area contributed by atoms with Crippen molar-refractivity contribution in [3.8, 4) is 11.5 Å². The van der Waals surface area contributed by atoms with Crippen molar-refractivity contribution in [3.05, 3.63) is 47.9 Å². The Morgan fingerprint density at radius 3 is 2.86 bits per heavy atom. The molecule has 0 unspecified atom stereocenters. The summed E-state index contributed by atoms with van der Waals surface area (Å²) in [6, 6.07) is 9.75. The number of hydrogen-bond donors (Lipinski definition) is 1. The van der Waals surface area contributed by atoms with Crippen molar-refractivity contribution in [3.63, 3.8) is 0 Å². The van der Waals surface area contributed by atoms with Gasteiger partial charge in [-0.15, -0.1) is 0 Å². The van der Waals surface area contributed by atoms with Crippen LogP contribution < -0.4 is 14.8 Å². The number of furan rings is 1. The lowest BCUT2D eigenvalue weighted by molar-refractivity contribution is -0.123. The molecule has 1 fully saturated rings. The fourth-order valence-corrected chi connectivity index (χ4v) is 4.82. The molecule has 29 heavy (non-hydrogen) atoms. The molecule has 0 bridgehead atoms. The molecule has 0 saturated carbocycles. The van der Waals surface area contributed by atoms with Crippen LogP contribution in [0.15, 0.2) is 41.0 Å². The average molecular weight is 417 g/mol. The standard InChI is InChI=1S/C22H28N2O4S/c1-22(2)13-16-5-3-6-19(21(16)28-22)27-15-20(25)23-14-17(18-7-4-10-26-18)24-8-11-29-12-9-24/h3-7,10,17H,8-9,11-15H2,1-2H3,(H,23,25)/t17-/m0/s1. The topological polar surface area (TPSA) is 63.9 Å². The van der Waals surface area contributed by atoms with Gasteiger partial charge in [-0.2, -0.15) is 11.8 Å². The van der Waals surface area contributed by atoms with E-state index in [4.69, 9.17) is 13.9 Å². The van der Waals surface area contributed by atoms with Crippen LogP contribution in [-0.4, -0.2) is 54.2 Å². The zero-order valence-corrected chi connectivity index (χ0v) is 17.8. The molecular weight excluding hydrogens is 388 g/mol. The first-order chi connectivity index (χ1) is 14.0. The van der Waals surface area contributed by atoms with Gasteiger partial charge < -0.3 is 19.2 Å². The van der Waals surface area contributed by atoms with Gasteiger partial charge in [0.25, 0.3) is 5.91 Å². The number of carbonyl (C=O) groups excluding carboxylic acids is 1. The highest BCUT2D eigenvalue weighted by molar-refractivity contribution is 7.99. The van der Waals surface area contributed by atoms with Crippen LogP contribution in [-0.2, 0) is 11.2 Å².